The van der Waals surface area contributed by atoms with Crippen LogP contribution in [-0.2, 0) is 13.7 Å². The van der Waals surface area contributed by atoms with Crippen molar-refractivity contribution in [3.63, 3.8) is 0 Å². The highest BCUT2D eigenvalue weighted by Crippen LogP contribution is 2.71. The van der Waals surface area contributed by atoms with Crippen molar-refractivity contribution in [3.05, 3.63) is 143 Å². The minimum atomic E-state index is -4.67. The molecule has 5 aromatic rings. The van der Waals surface area contributed by atoms with Crippen molar-refractivity contribution in [3.8, 4) is 5.75 Å². The van der Waals surface area contributed by atoms with Crippen LogP contribution >= 0.6 is 22.1 Å². The van der Waals surface area contributed by atoms with Crippen molar-refractivity contribution < 1.29 is 47.9 Å². The SMILES string of the molecule is COc1ccc(S(OS(C)(=O)=O)(c2ccc(Sc3cccc(F)c3C(=O)c3ccccc3)cc2)c2c(F)c(F)c(F)c(F)c2F)cc1. The smallest absolute Gasteiger partial charge is 0.274 e. The molecule has 0 saturated carbocycles. The van der Waals surface area contributed by atoms with Crippen LogP contribution in [0.25, 0.3) is 0 Å². The molecule has 0 heterocycles. The van der Waals surface area contributed by atoms with Gasteiger partial charge in [0, 0.05) is 25.1 Å². The van der Waals surface area contributed by atoms with Gasteiger partial charge in [0.1, 0.15) is 16.5 Å². The Bertz CT molecular complexity index is 2050. The summed E-state index contributed by atoms with van der Waals surface area (Å²) in [6, 6.07) is 22.1. The van der Waals surface area contributed by atoms with Gasteiger partial charge in [-0.15, -0.1) is 0 Å². The molecule has 244 valence electrons. The molecule has 0 bridgehead atoms. The molecule has 0 saturated heterocycles. The second-order valence-corrected chi connectivity index (χ2v) is 15.3. The van der Waals surface area contributed by atoms with Crippen molar-refractivity contribution >= 4 is 38.0 Å². The summed E-state index contributed by atoms with van der Waals surface area (Å²) < 4.78 is 126. The largest absolute Gasteiger partial charge is 0.497 e. The number of benzene rings is 5. The Morgan fingerprint density at radius 1 is 0.660 bits per heavy atom. The zero-order chi connectivity index (χ0) is 34.1. The lowest BCUT2D eigenvalue weighted by Crippen LogP contribution is -2.18. The maximum Gasteiger partial charge on any atom is 0.274 e. The zero-order valence-electron chi connectivity index (χ0n) is 24.3. The fourth-order valence-electron chi connectivity index (χ4n) is 4.64. The summed E-state index contributed by atoms with van der Waals surface area (Å²) in [5.74, 6) is -12.7. The molecule has 5 nitrogen and oxygen atoms in total. The Labute approximate surface area is 271 Å². The predicted octanol–water partition coefficient (Wildman–Crippen LogP) is 9.08. The lowest BCUT2D eigenvalue weighted by molar-refractivity contribution is 0.103. The van der Waals surface area contributed by atoms with Crippen molar-refractivity contribution in [2.75, 3.05) is 13.4 Å². The first-order valence-corrected chi connectivity index (χ1v) is 17.5. The maximum atomic E-state index is 15.6. The molecule has 0 aromatic heterocycles. The van der Waals surface area contributed by atoms with Crippen molar-refractivity contribution in [1.29, 1.82) is 0 Å². The monoisotopic (exact) mass is 708 g/mol. The van der Waals surface area contributed by atoms with E-state index in [1.165, 1.54) is 79.9 Å². The third kappa shape index (κ3) is 6.63. The third-order valence-electron chi connectivity index (χ3n) is 6.70. The van der Waals surface area contributed by atoms with E-state index in [-0.39, 0.29) is 31.6 Å². The van der Waals surface area contributed by atoms with E-state index in [0.29, 0.717) is 11.2 Å². The summed E-state index contributed by atoms with van der Waals surface area (Å²) in [5.41, 5.74) is 0.0243. The molecule has 0 spiro atoms. The highest BCUT2D eigenvalue weighted by molar-refractivity contribution is 8.33. The number of carbonyl (C=O) groups excluding carboxylic acids is 1. The number of hydrogen-bond donors (Lipinski definition) is 0. The third-order valence-corrected chi connectivity index (χ3v) is 12.4. The first-order valence-electron chi connectivity index (χ1n) is 13.3. The summed E-state index contributed by atoms with van der Waals surface area (Å²) in [6.45, 7) is 0. The van der Waals surface area contributed by atoms with Gasteiger partial charge in [-0.1, -0.05) is 48.2 Å². The lowest BCUT2D eigenvalue weighted by atomic mass is 10.0. The first-order chi connectivity index (χ1) is 22.3. The normalized spacial score (nSPS) is 13.5. The lowest BCUT2D eigenvalue weighted by Gasteiger charge is -2.39. The molecule has 0 aliphatic rings. The van der Waals surface area contributed by atoms with E-state index in [9.17, 15) is 30.8 Å². The van der Waals surface area contributed by atoms with Crippen LogP contribution in [0.4, 0.5) is 26.3 Å². The molecule has 0 aliphatic heterocycles. The quantitative estimate of drug-likeness (QED) is 0.0624. The Kier molecular flexibility index (Phi) is 9.78. The summed E-state index contributed by atoms with van der Waals surface area (Å²) >= 11 is 0.949. The summed E-state index contributed by atoms with van der Waals surface area (Å²) in [4.78, 5) is 11.8. The summed E-state index contributed by atoms with van der Waals surface area (Å²) in [7, 11) is -7.60. The number of rotatable bonds is 10. The molecule has 47 heavy (non-hydrogen) atoms. The molecule has 0 N–H and O–H groups in total. The average molecular weight is 709 g/mol. The van der Waals surface area contributed by atoms with Gasteiger partial charge >= 0.3 is 0 Å². The average Bonchev–Trinajstić information content (AvgIpc) is 3.06. The number of ether oxygens (including phenoxy) is 1. The molecule has 5 rings (SSSR count). The molecule has 1 atom stereocenters. The van der Waals surface area contributed by atoms with Crippen LogP contribution in [0, 0.1) is 34.9 Å². The Morgan fingerprint density at radius 2 is 1.19 bits per heavy atom. The molecule has 5 aromatic carbocycles. The number of ketones is 1. The van der Waals surface area contributed by atoms with Gasteiger partial charge in [0.2, 0.25) is 5.82 Å². The second kappa shape index (κ2) is 13.5. The van der Waals surface area contributed by atoms with E-state index < -0.39 is 66.0 Å². The molecule has 14 heteroatoms. The van der Waals surface area contributed by atoms with Crippen LogP contribution in [0.5, 0.6) is 5.75 Å². The minimum Gasteiger partial charge on any atom is -0.497 e. The van der Waals surface area contributed by atoms with E-state index >= 15 is 8.78 Å². The maximum absolute atomic E-state index is 15.6. The molecule has 0 fully saturated rings. The minimum absolute atomic E-state index is 0.215. The van der Waals surface area contributed by atoms with Gasteiger partial charge in [-0.2, -0.15) is 8.42 Å². The van der Waals surface area contributed by atoms with Gasteiger partial charge in [-0.25, -0.2) is 30.0 Å². The molecular formula is C33H22F6O5S3. The van der Waals surface area contributed by atoms with Gasteiger partial charge in [-0.3, -0.25) is 4.79 Å². The predicted molar refractivity (Wildman–Crippen MR) is 164 cm³/mol. The zero-order valence-corrected chi connectivity index (χ0v) is 26.7. The molecule has 0 aliphatic carbocycles. The molecule has 0 amide bonds. The topological polar surface area (TPSA) is 69.7 Å². The van der Waals surface area contributed by atoms with E-state index in [2.05, 4.69) is 0 Å². The van der Waals surface area contributed by atoms with Gasteiger partial charge < -0.3 is 4.74 Å². The van der Waals surface area contributed by atoms with Crippen LogP contribution in [0.3, 0.4) is 0 Å². The van der Waals surface area contributed by atoms with Crippen LogP contribution in [0.15, 0.2) is 122 Å². The number of carbonyl (C=O) groups is 1. The fraction of sp³-hybridized carbons (Fsp3) is 0.0606. The second-order valence-electron chi connectivity index (χ2n) is 9.78. The molecule has 0 radical (unpaired) electrons. The van der Waals surface area contributed by atoms with E-state index in [4.69, 9.17) is 8.37 Å². The standard InChI is InChI=1S/C33H22F6O5S3/c1-43-20-11-15-22(16-12-20)47(44-46(2,41)42,33-30(38)28(36)27(35)29(37)31(33)39)23-17-13-21(14-18-23)45-25-10-6-9-24(34)26(25)32(40)19-7-4-3-5-8-19/h3-18H,1-2H3. The van der Waals surface area contributed by atoms with Gasteiger partial charge in [-0.05, 0) is 71.0 Å². The summed E-state index contributed by atoms with van der Waals surface area (Å²) in [6.07, 6.45) is 0.573. The Hall–Kier alpha value is -4.24. The van der Waals surface area contributed by atoms with Gasteiger partial charge in [0.25, 0.3) is 10.1 Å². The highest BCUT2D eigenvalue weighted by atomic mass is 32.3. The van der Waals surface area contributed by atoms with Gasteiger partial charge in [0.15, 0.2) is 29.1 Å². The van der Waals surface area contributed by atoms with E-state index in [1.54, 1.807) is 18.2 Å². The van der Waals surface area contributed by atoms with Gasteiger partial charge in [0.05, 0.1) is 18.9 Å². The Balaban J connectivity index is 1.70. The van der Waals surface area contributed by atoms with Crippen molar-refractivity contribution in [2.45, 2.75) is 24.5 Å². The van der Waals surface area contributed by atoms with Crippen molar-refractivity contribution in [2.24, 2.45) is 0 Å². The van der Waals surface area contributed by atoms with Crippen LogP contribution in [-0.4, -0.2) is 27.6 Å². The van der Waals surface area contributed by atoms with Crippen LogP contribution in [0.2, 0.25) is 0 Å². The number of halogens is 6. The van der Waals surface area contributed by atoms with E-state index in [1.807, 2.05) is 0 Å². The number of methoxy groups -OCH3 is 1. The molecule has 1 unspecified atom stereocenters. The van der Waals surface area contributed by atoms with Crippen molar-refractivity contribution in [1.82, 2.24) is 0 Å². The van der Waals surface area contributed by atoms with Crippen LogP contribution in [0.1, 0.15) is 15.9 Å². The Morgan fingerprint density at radius 3 is 1.72 bits per heavy atom. The molecular weight excluding hydrogens is 687 g/mol. The fourth-order valence-corrected chi connectivity index (χ4v) is 10.5. The first kappa shape index (κ1) is 34.1. The number of hydrogen-bond acceptors (Lipinski definition) is 6. The highest BCUT2D eigenvalue weighted by Gasteiger charge is 2.44. The van der Waals surface area contributed by atoms with E-state index in [0.717, 1.165) is 17.8 Å². The van der Waals surface area contributed by atoms with Crippen LogP contribution < -0.4 is 4.74 Å². The summed E-state index contributed by atoms with van der Waals surface area (Å²) in [5, 5.41) is 0.